The Morgan fingerprint density at radius 1 is 1.08 bits per heavy atom. The quantitative estimate of drug-likeness (QED) is 0.750. The van der Waals surface area contributed by atoms with Crippen LogP contribution in [0.25, 0.3) is 0 Å². The molecule has 0 aliphatic carbocycles. The SMILES string of the molecule is Cc1nc(C(=O)Nc2cccc(CCc3ccncc3)c2)cc(=O)[nH]1. The number of aryl methyl sites for hydroxylation is 3. The predicted octanol–water partition coefficient (Wildman–Crippen LogP) is 2.51. The highest BCUT2D eigenvalue weighted by Gasteiger charge is 2.09. The zero-order valence-electron chi connectivity index (χ0n) is 13.8. The van der Waals surface area contributed by atoms with Crippen LogP contribution in [0, 0.1) is 6.92 Å². The fraction of sp³-hybridized carbons (Fsp3) is 0.158. The number of anilines is 1. The number of hydrogen-bond acceptors (Lipinski definition) is 4. The van der Waals surface area contributed by atoms with Crippen molar-refractivity contribution in [2.24, 2.45) is 0 Å². The third-order valence-corrected chi connectivity index (χ3v) is 3.73. The highest BCUT2D eigenvalue weighted by Crippen LogP contribution is 2.14. The van der Waals surface area contributed by atoms with Gasteiger partial charge in [0.25, 0.3) is 11.5 Å². The number of rotatable bonds is 5. The Labute approximate surface area is 145 Å². The van der Waals surface area contributed by atoms with Crippen molar-refractivity contribution in [3.05, 3.63) is 87.9 Å². The molecule has 0 spiro atoms. The van der Waals surface area contributed by atoms with E-state index in [1.807, 2.05) is 36.4 Å². The van der Waals surface area contributed by atoms with Crippen LogP contribution in [0.2, 0.25) is 0 Å². The molecule has 0 bridgehead atoms. The van der Waals surface area contributed by atoms with Gasteiger partial charge in [-0.3, -0.25) is 14.6 Å². The van der Waals surface area contributed by atoms with Crippen LogP contribution in [-0.2, 0) is 12.8 Å². The fourth-order valence-corrected chi connectivity index (χ4v) is 2.53. The summed E-state index contributed by atoms with van der Waals surface area (Å²) in [5, 5.41) is 2.79. The number of carbonyl (C=O) groups is 1. The van der Waals surface area contributed by atoms with Crippen LogP contribution < -0.4 is 10.9 Å². The molecule has 126 valence electrons. The number of carbonyl (C=O) groups excluding carboxylic acids is 1. The first-order valence-corrected chi connectivity index (χ1v) is 7.97. The molecule has 6 heteroatoms. The lowest BCUT2D eigenvalue weighted by atomic mass is 10.0. The predicted molar refractivity (Wildman–Crippen MR) is 95.6 cm³/mol. The van der Waals surface area contributed by atoms with Crippen molar-refractivity contribution in [2.75, 3.05) is 5.32 Å². The van der Waals surface area contributed by atoms with Crippen molar-refractivity contribution in [1.29, 1.82) is 0 Å². The third kappa shape index (κ3) is 4.60. The van der Waals surface area contributed by atoms with Gasteiger partial charge in [-0.05, 0) is 55.2 Å². The highest BCUT2D eigenvalue weighted by atomic mass is 16.2. The lowest BCUT2D eigenvalue weighted by Crippen LogP contribution is -2.19. The molecule has 0 atom stereocenters. The van der Waals surface area contributed by atoms with E-state index in [9.17, 15) is 9.59 Å². The second-order valence-electron chi connectivity index (χ2n) is 5.73. The van der Waals surface area contributed by atoms with Crippen molar-refractivity contribution in [3.63, 3.8) is 0 Å². The van der Waals surface area contributed by atoms with Gasteiger partial charge in [-0.2, -0.15) is 0 Å². The minimum Gasteiger partial charge on any atom is -0.321 e. The Kier molecular flexibility index (Phi) is 4.99. The highest BCUT2D eigenvalue weighted by molar-refractivity contribution is 6.02. The molecule has 0 saturated heterocycles. The first-order valence-electron chi connectivity index (χ1n) is 7.97. The van der Waals surface area contributed by atoms with Gasteiger partial charge in [0.1, 0.15) is 11.5 Å². The summed E-state index contributed by atoms with van der Waals surface area (Å²) in [7, 11) is 0. The zero-order chi connectivity index (χ0) is 17.6. The van der Waals surface area contributed by atoms with Gasteiger partial charge in [0.05, 0.1) is 0 Å². The van der Waals surface area contributed by atoms with E-state index in [2.05, 4.69) is 20.3 Å². The largest absolute Gasteiger partial charge is 0.321 e. The molecule has 3 aromatic rings. The number of nitrogens with zero attached hydrogens (tertiary/aromatic N) is 2. The Balaban J connectivity index is 1.68. The lowest BCUT2D eigenvalue weighted by Gasteiger charge is -2.08. The Bertz CT molecular complexity index is 935. The number of H-pyrrole nitrogens is 1. The zero-order valence-corrected chi connectivity index (χ0v) is 13.8. The number of benzene rings is 1. The van der Waals surface area contributed by atoms with E-state index in [1.54, 1.807) is 19.3 Å². The van der Waals surface area contributed by atoms with Crippen LogP contribution >= 0.6 is 0 Å². The van der Waals surface area contributed by atoms with Gasteiger partial charge >= 0.3 is 0 Å². The maximum absolute atomic E-state index is 12.3. The molecule has 0 aliphatic rings. The van der Waals surface area contributed by atoms with E-state index < -0.39 is 5.91 Å². The Morgan fingerprint density at radius 2 is 1.84 bits per heavy atom. The Morgan fingerprint density at radius 3 is 2.60 bits per heavy atom. The van der Waals surface area contributed by atoms with Gasteiger partial charge in [0.2, 0.25) is 0 Å². The summed E-state index contributed by atoms with van der Waals surface area (Å²) in [6, 6.07) is 12.8. The van der Waals surface area contributed by atoms with Gasteiger partial charge < -0.3 is 10.3 Å². The molecule has 25 heavy (non-hydrogen) atoms. The van der Waals surface area contributed by atoms with E-state index in [4.69, 9.17) is 0 Å². The minimum absolute atomic E-state index is 0.100. The number of nitrogens with one attached hydrogen (secondary N) is 2. The average Bonchev–Trinajstić information content (AvgIpc) is 2.60. The third-order valence-electron chi connectivity index (χ3n) is 3.73. The maximum atomic E-state index is 12.3. The lowest BCUT2D eigenvalue weighted by molar-refractivity contribution is 0.102. The molecule has 0 radical (unpaired) electrons. The molecule has 0 aliphatic heterocycles. The fourth-order valence-electron chi connectivity index (χ4n) is 2.53. The van der Waals surface area contributed by atoms with Gasteiger partial charge in [-0.1, -0.05) is 12.1 Å². The molecule has 0 unspecified atom stereocenters. The molecule has 2 aromatic heterocycles. The second kappa shape index (κ2) is 7.53. The van der Waals surface area contributed by atoms with Crippen LogP contribution in [0.15, 0.2) is 59.7 Å². The van der Waals surface area contributed by atoms with E-state index in [-0.39, 0.29) is 11.3 Å². The first-order chi connectivity index (χ1) is 12.1. The molecular weight excluding hydrogens is 316 g/mol. The molecule has 1 amide bonds. The number of amides is 1. The smallest absolute Gasteiger partial charge is 0.274 e. The number of pyridine rings is 1. The summed E-state index contributed by atoms with van der Waals surface area (Å²) >= 11 is 0. The van der Waals surface area contributed by atoms with Gasteiger partial charge in [-0.15, -0.1) is 0 Å². The molecular formula is C19H18N4O2. The standard InChI is InChI=1S/C19H18N4O2/c1-13-21-17(12-18(24)22-13)19(25)23-16-4-2-3-15(11-16)6-5-14-7-9-20-10-8-14/h2-4,7-12H,5-6H2,1H3,(H,23,25)(H,21,22,24). The van der Waals surface area contributed by atoms with Crippen LogP contribution in [0.5, 0.6) is 0 Å². The minimum atomic E-state index is -0.402. The van der Waals surface area contributed by atoms with Gasteiger partial charge in [-0.25, -0.2) is 4.98 Å². The van der Waals surface area contributed by atoms with Crippen molar-refractivity contribution < 1.29 is 4.79 Å². The monoisotopic (exact) mass is 334 g/mol. The Hall–Kier alpha value is -3.28. The molecule has 3 rings (SSSR count). The van der Waals surface area contributed by atoms with E-state index in [0.29, 0.717) is 11.5 Å². The van der Waals surface area contributed by atoms with Crippen LogP contribution in [0.3, 0.4) is 0 Å². The molecule has 1 aromatic carbocycles. The van der Waals surface area contributed by atoms with Crippen LogP contribution in [0.1, 0.15) is 27.4 Å². The van der Waals surface area contributed by atoms with Crippen molar-refractivity contribution in [2.45, 2.75) is 19.8 Å². The van der Waals surface area contributed by atoms with Crippen LogP contribution in [0.4, 0.5) is 5.69 Å². The van der Waals surface area contributed by atoms with Crippen molar-refractivity contribution in [1.82, 2.24) is 15.0 Å². The van der Waals surface area contributed by atoms with Crippen molar-refractivity contribution in [3.8, 4) is 0 Å². The van der Waals surface area contributed by atoms with Gasteiger partial charge in [0.15, 0.2) is 0 Å². The molecule has 0 saturated carbocycles. The summed E-state index contributed by atoms with van der Waals surface area (Å²) in [5.74, 6) is 0.00392. The summed E-state index contributed by atoms with van der Waals surface area (Å²) < 4.78 is 0. The molecule has 6 nitrogen and oxygen atoms in total. The molecule has 2 heterocycles. The summed E-state index contributed by atoms with van der Waals surface area (Å²) in [6.07, 6.45) is 5.32. The molecule has 2 N–H and O–H groups in total. The number of aromatic amines is 1. The number of aromatic nitrogens is 3. The van der Waals surface area contributed by atoms with Crippen LogP contribution in [-0.4, -0.2) is 20.9 Å². The first kappa shape index (κ1) is 16.6. The average molecular weight is 334 g/mol. The topological polar surface area (TPSA) is 87.7 Å². The summed E-state index contributed by atoms with van der Waals surface area (Å²) in [6.45, 7) is 1.64. The van der Waals surface area contributed by atoms with E-state index >= 15 is 0 Å². The normalized spacial score (nSPS) is 10.4. The molecule has 0 fully saturated rings. The summed E-state index contributed by atoms with van der Waals surface area (Å²) in [5.41, 5.74) is 2.77. The second-order valence-corrected chi connectivity index (χ2v) is 5.73. The van der Waals surface area contributed by atoms with Gasteiger partial charge in [0, 0.05) is 24.1 Å². The van der Waals surface area contributed by atoms with E-state index in [1.165, 1.54) is 11.6 Å². The number of hydrogen-bond donors (Lipinski definition) is 2. The van der Waals surface area contributed by atoms with E-state index in [0.717, 1.165) is 18.4 Å². The maximum Gasteiger partial charge on any atom is 0.274 e. The van der Waals surface area contributed by atoms with Crippen molar-refractivity contribution >= 4 is 11.6 Å². The summed E-state index contributed by atoms with van der Waals surface area (Å²) in [4.78, 5) is 34.3.